The SMILES string of the molecule is CCCCC/C=C\C=C/CCCCCCCCC(=O)OCC(COC(=O)CCC/C=C\C/C=C\C/C=C\C/C=C\CCCCC)OC(=O)CCCCCCC/C=C\CCCCCCCCC. The highest BCUT2D eigenvalue weighted by Gasteiger charge is 2.19. The molecule has 0 aromatic carbocycles. The number of ether oxygens (including phenoxy) is 3. The van der Waals surface area contributed by atoms with Gasteiger partial charge in [-0.15, -0.1) is 0 Å². The number of hydrogen-bond acceptors (Lipinski definition) is 6. The molecule has 1 atom stereocenters. The van der Waals surface area contributed by atoms with Crippen LogP contribution in [0.3, 0.4) is 0 Å². The Morgan fingerprint density at radius 3 is 1.05 bits per heavy atom. The van der Waals surface area contributed by atoms with Crippen molar-refractivity contribution in [2.45, 2.75) is 264 Å². The predicted octanol–water partition coefficient (Wildman–Crippen LogP) is 18.4. The summed E-state index contributed by atoms with van der Waals surface area (Å²) in [5.74, 6) is -0.978. The molecule has 1 unspecified atom stereocenters. The van der Waals surface area contributed by atoms with Crippen LogP contribution in [-0.2, 0) is 28.6 Å². The lowest BCUT2D eigenvalue weighted by Gasteiger charge is -2.18. The van der Waals surface area contributed by atoms with E-state index < -0.39 is 6.10 Å². The first-order valence-corrected chi connectivity index (χ1v) is 27.6. The molecule has 0 amide bonds. The summed E-state index contributed by atoms with van der Waals surface area (Å²) in [5, 5.41) is 0. The number of allylic oxidation sites excluding steroid dienone is 14. The molecule has 0 aliphatic carbocycles. The van der Waals surface area contributed by atoms with E-state index in [9.17, 15) is 14.4 Å². The lowest BCUT2D eigenvalue weighted by atomic mass is 10.1. The van der Waals surface area contributed by atoms with Crippen LogP contribution in [0.15, 0.2) is 85.1 Å². The van der Waals surface area contributed by atoms with E-state index in [2.05, 4.69) is 106 Å². The minimum Gasteiger partial charge on any atom is -0.462 e. The summed E-state index contributed by atoms with van der Waals surface area (Å²) in [7, 11) is 0. The van der Waals surface area contributed by atoms with Crippen molar-refractivity contribution >= 4 is 17.9 Å². The molecular formula is C60H102O6. The van der Waals surface area contributed by atoms with Gasteiger partial charge in [0.15, 0.2) is 6.10 Å². The van der Waals surface area contributed by atoms with Crippen molar-refractivity contribution in [2.75, 3.05) is 13.2 Å². The number of esters is 3. The molecule has 0 fully saturated rings. The predicted molar refractivity (Wildman–Crippen MR) is 284 cm³/mol. The minimum absolute atomic E-state index is 0.103. The van der Waals surface area contributed by atoms with Gasteiger partial charge in [-0.1, -0.05) is 215 Å². The van der Waals surface area contributed by atoms with E-state index in [1.54, 1.807) is 0 Å². The molecular weight excluding hydrogens is 817 g/mol. The van der Waals surface area contributed by atoms with Gasteiger partial charge in [-0.3, -0.25) is 14.4 Å². The number of rotatable bonds is 49. The molecule has 0 saturated carbocycles. The molecule has 0 aromatic heterocycles. The van der Waals surface area contributed by atoms with Crippen LogP contribution in [-0.4, -0.2) is 37.2 Å². The maximum absolute atomic E-state index is 12.8. The first-order chi connectivity index (χ1) is 32.5. The fourth-order valence-corrected chi connectivity index (χ4v) is 7.42. The van der Waals surface area contributed by atoms with Gasteiger partial charge in [0.05, 0.1) is 0 Å². The first-order valence-electron chi connectivity index (χ1n) is 27.6. The van der Waals surface area contributed by atoms with Crippen molar-refractivity contribution in [3.63, 3.8) is 0 Å². The molecule has 0 N–H and O–H groups in total. The maximum Gasteiger partial charge on any atom is 0.306 e. The zero-order chi connectivity index (χ0) is 47.9. The van der Waals surface area contributed by atoms with Crippen molar-refractivity contribution in [3.05, 3.63) is 85.1 Å². The van der Waals surface area contributed by atoms with E-state index >= 15 is 0 Å². The Labute approximate surface area is 407 Å². The fraction of sp³-hybridized carbons (Fsp3) is 0.717. The Morgan fingerprint density at radius 1 is 0.318 bits per heavy atom. The second kappa shape index (κ2) is 54.2. The van der Waals surface area contributed by atoms with Gasteiger partial charge in [0.2, 0.25) is 0 Å². The van der Waals surface area contributed by atoms with Gasteiger partial charge >= 0.3 is 17.9 Å². The summed E-state index contributed by atoms with van der Waals surface area (Å²) in [6, 6.07) is 0. The highest BCUT2D eigenvalue weighted by atomic mass is 16.6. The van der Waals surface area contributed by atoms with Gasteiger partial charge in [-0.25, -0.2) is 0 Å². The second-order valence-corrected chi connectivity index (χ2v) is 18.2. The van der Waals surface area contributed by atoms with Crippen LogP contribution in [0.5, 0.6) is 0 Å². The molecule has 6 nitrogen and oxygen atoms in total. The van der Waals surface area contributed by atoms with Crippen molar-refractivity contribution in [1.29, 1.82) is 0 Å². The minimum atomic E-state index is -0.808. The van der Waals surface area contributed by atoms with Crippen LogP contribution < -0.4 is 0 Å². The topological polar surface area (TPSA) is 78.9 Å². The number of carbonyl (C=O) groups excluding carboxylic acids is 3. The van der Waals surface area contributed by atoms with E-state index in [1.807, 2.05) is 0 Å². The van der Waals surface area contributed by atoms with Crippen molar-refractivity contribution in [2.24, 2.45) is 0 Å². The molecule has 378 valence electrons. The largest absolute Gasteiger partial charge is 0.462 e. The Bertz CT molecular complexity index is 1290. The maximum atomic E-state index is 12.8. The quantitative estimate of drug-likeness (QED) is 0.0199. The molecule has 0 spiro atoms. The average Bonchev–Trinajstić information content (AvgIpc) is 3.31. The fourth-order valence-electron chi connectivity index (χ4n) is 7.42. The molecule has 0 heterocycles. The average molecular weight is 919 g/mol. The van der Waals surface area contributed by atoms with Gasteiger partial charge in [-0.05, 0) is 109 Å². The van der Waals surface area contributed by atoms with E-state index in [1.165, 1.54) is 128 Å². The number of carbonyl (C=O) groups is 3. The van der Waals surface area contributed by atoms with Gasteiger partial charge in [0.25, 0.3) is 0 Å². The van der Waals surface area contributed by atoms with Gasteiger partial charge in [0, 0.05) is 19.3 Å². The van der Waals surface area contributed by atoms with Crippen molar-refractivity contribution < 1.29 is 28.6 Å². The van der Waals surface area contributed by atoms with Gasteiger partial charge in [-0.2, -0.15) is 0 Å². The van der Waals surface area contributed by atoms with E-state index in [-0.39, 0.29) is 37.5 Å². The van der Waals surface area contributed by atoms with Crippen LogP contribution in [0.1, 0.15) is 258 Å². The molecule has 0 bridgehead atoms. The van der Waals surface area contributed by atoms with E-state index in [0.717, 1.165) is 83.5 Å². The van der Waals surface area contributed by atoms with Crippen LogP contribution >= 0.6 is 0 Å². The zero-order valence-electron chi connectivity index (χ0n) is 43.2. The summed E-state index contributed by atoms with van der Waals surface area (Å²) < 4.78 is 16.8. The highest BCUT2D eigenvalue weighted by Crippen LogP contribution is 2.14. The molecule has 0 saturated heterocycles. The van der Waals surface area contributed by atoms with Gasteiger partial charge in [0.1, 0.15) is 13.2 Å². The van der Waals surface area contributed by atoms with Crippen LogP contribution in [0.4, 0.5) is 0 Å². The monoisotopic (exact) mass is 919 g/mol. The summed E-state index contributed by atoms with van der Waals surface area (Å²) in [5.41, 5.74) is 0. The van der Waals surface area contributed by atoms with Crippen LogP contribution in [0, 0.1) is 0 Å². The van der Waals surface area contributed by atoms with Crippen LogP contribution in [0.2, 0.25) is 0 Å². The Hall–Kier alpha value is -3.41. The third kappa shape index (κ3) is 51.6. The Morgan fingerprint density at radius 2 is 0.606 bits per heavy atom. The Kier molecular flexibility index (Phi) is 51.4. The second-order valence-electron chi connectivity index (χ2n) is 18.2. The summed E-state index contributed by atoms with van der Waals surface area (Å²) in [4.78, 5) is 38.1. The molecule has 0 aliphatic heterocycles. The van der Waals surface area contributed by atoms with E-state index in [0.29, 0.717) is 19.3 Å². The molecule has 0 aliphatic rings. The summed E-state index contributed by atoms with van der Waals surface area (Å²) in [6.45, 7) is 6.52. The lowest BCUT2D eigenvalue weighted by Crippen LogP contribution is -2.30. The number of hydrogen-bond donors (Lipinski definition) is 0. The molecule has 0 radical (unpaired) electrons. The molecule has 6 heteroatoms. The standard InChI is InChI=1S/C60H102O6/c1-4-7-10-13-16-19-22-25-28-30-33-35-38-41-44-47-50-53-59(62)65-56-57(55-64-58(61)52-49-46-43-40-37-34-31-27-24-21-18-15-12-9-6-3)66-60(63)54-51-48-45-42-39-36-32-29-26-23-20-17-14-11-8-5-2/h16,18-19,21,24-25,27-29,32-33,35,41,44,57H,4-15,17,20,22-23,26,30-31,34,36-40,42-43,45-56H2,1-3H3/b19-16-,21-18-,27-24-,28-25-,32-29-,35-33-,44-41-. The van der Waals surface area contributed by atoms with E-state index in [4.69, 9.17) is 14.2 Å². The highest BCUT2D eigenvalue weighted by molar-refractivity contribution is 5.71. The third-order valence-corrected chi connectivity index (χ3v) is 11.6. The smallest absolute Gasteiger partial charge is 0.306 e. The zero-order valence-corrected chi connectivity index (χ0v) is 43.2. The van der Waals surface area contributed by atoms with Crippen molar-refractivity contribution in [3.8, 4) is 0 Å². The van der Waals surface area contributed by atoms with Crippen molar-refractivity contribution in [1.82, 2.24) is 0 Å². The third-order valence-electron chi connectivity index (χ3n) is 11.6. The summed E-state index contributed by atoms with van der Waals surface area (Å²) in [6.07, 6.45) is 70.0. The number of unbranched alkanes of at least 4 members (excludes halogenated alkanes) is 25. The summed E-state index contributed by atoms with van der Waals surface area (Å²) >= 11 is 0. The molecule has 66 heavy (non-hydrogen) atoms. The van der Waals surface area contributed by atoms with Crippen LogP contribution in [0.25, 0.3) is 0 Å². The molecule has 0 rings (SSSR count). The first kappa shape index (κ1) is 62.6. The molecule has 0 aromatic rings. The van der Waals surface area contributed by atoms with Gasteiger partial charge < -0.3 is 14.2 Å². The Balaban J connectivity index is 4.51. The normalized spacial score (nSPS) is 12.7. The lowest BCUT2D eigenvalue weighted by molar-refractivity contribution is -0.167.